The molecule has 0 spiro atoms. The quantitative estimate of drug-likeness (QED) is 0.647. The lowest BCUT2D eigenvalue weighted by atomic mass is 9.97. The van der Waals surface area contributed by atoms with Crippen molar-refractivity contribution in [3.63, 3.8) is 0 Å². The molecular formula is C20H31NO3. The van der Waals surface area contributed by atoms with Gasteiger partial charge in [0.15, 0.2) is 0 Å². The van der Waals surface area contributed by atoms with Crippen molar-refractivity contribution in [2.24, 2.45) is 5.92 Å². The summed E-state index contributed by atoms with van der Waals surface area (Å²) in [6.45, 7) is 5.65. The van der Waals surface area contributed by atoms with Gasteiger partial charge in [0.25, 0.3) is 0 Å². The molecule has 1 N–H and O–H groups in total. The Kier molecular flexibility index (Phi) is 8.10. The Hall–Kier alpha value is -1.55. The molecule has 24 heavy (non-hydrogen) atoms. The van der Waals surface area contributed by atoms with E-state index in [0.717, 1.165) is 51.3 Å². The minimum atomic E-state index is -0.647. The Morgan fingerprint density at radius 2 is 1.79 bits per heavy atom. The number of benzene rings is 1. The first kappa shape index (κ1) is 18.8. The average molecular weight is 333 g/mol. The van der Waals surface area contributed by atoms with Crippen molar-refractivity contribution < 1.29 is 14.6 Å². The van der Waals surface area contributed by atoms with Crippen LogP contribution >= 0.6 is 0 Å². The maximum Gasteiger partial charge on any atom is 0.306 e. The van der Waals surface area contributed by atoms with Gasteiger partial charge >= 0.3 is 5.97 Å². The summed E-state index contributed by atoms with van der Waals surface area (Å²) in [5.41, 5.74) is 1.26. The van der Waals surface area contributed by atoms with E-state index in [4.69, 9.17) is 9.84 Å². The topological polar surface area (TPSA) is 49.8 Å². The van der Waals surface area contributed by atoms with Gasteiger partial charge in [-0.3, -0.25) is 9.69 Å². The molecule has 0 aliphatic carbocycles. The first-order chi connectivity index (χ1) is 11.7. The van der Waals surface area contributed by atoms with Crippen molar-refractivity contribution in [1.82, 2.24) is 4.90 Å². The van der Waals surface area contributed by atoms with Crippen molar-refractivity contribution >= 4 is 5.97 Å². The van der Waals surface area contributed by atoms with Crippen molar-refractivity contribution in [2.45, 2.75) is 58.4 Å². The lowest BCUT2D eigenvalue weighted by Crippen LogP contribution is -2.35. The van der Waals surface area contributed by atoms with Gasteiger partial charge < -0.3 is 9.84 Å². The monoisotopic (exact) mass is 333 g/mol. The SMILES string of the molecule is CCCCCCCOc1ccc(CN2CCC(C(=O)O)CC2)cc1. The largest absolute Gasteiger partial charge is 0.494 e. The molecule has 1 aliphatic heterocycles. The van der Waals surface area contributed by atoms with Gasteiger partial charge in [-0.2, -0.15) is 0 Å². The summed E-state index contributed by atoms with van der Waals surface area (Å²) in [6, 6.07) is 8.34. The molecule has 1 heterocycles. The molecule has 0 atom stereocenters. The van der Waals surface area contributed by atoms with Crippen LogP contribution in [0.3, 0.4) is 0 Å². The molecule has 1 aromatic rings. The molecule has 0 unspecified atom stereocenters. The van der Waals surface area contributed by atoms with Gasteiger partial charge in [-0.05, 0) is 50.0 Å². The van der Waals surface area contributed by atoms with Gasteiger partial charge in [0.1, 0.15) is 5.75 Å². The molecule has 1 aliphatic rings. The van der Waals surface area contributed by atoms with E-state index >= 15 is 0 Å². The normalized spacial score (nSPS) is 16.2. The van der Waals surface area contributed by atoms with Crippen LogP contribution in [0.2, 0.25) is 0 Å². The Labute approximate surface area is 145 Å². The molecule has 4 nitrogen and oxygen atoms in total. The number of carboxylic acids is 1. The Morgan fingerprint density at radius 1 is 1.12 bits per heavy atom. The lowest BCUT2D eigenvalue weighted by Gasteiger charge is -2.30. The highest BCUT2D eigenvalue weighted by Gasteiger charge is 2.24. The summed E-state index contributed by atoms with van der Waals surface area (Å²) in [5.74, 6) is 0.138. The number of nitrogens with zero attached hydrogens (tertiary/aromatic N) is 1. The van der Waals surface area contributed by atoms with Crippen LogP contribution in [0.25, 0.3) is 0 Å². The van der Waals surface area contributed by atoms with Crippen molar-refractivity contribution in [1.29, 1.82) is 0 Å². The van der Waals surface area contributed by atoms with Crippen LogP contribution < -0.4 is 4.74 Å². The van der Waals surface area contributed by atoms with E-state index in [1.165, 1.54) is 31.2 Å². The number of rotatable bonds is 10. The zero-order valence-corrected chi connectivity index (χ0v) is 14.9. The third kappa shape index (κ3) is 6.52. The van der Waals surface area contributed by atoms with E-state index < -0.39 is 5.97 Å². The molecule has 1 fully saturated rings. The molecule has 134 valence electrons. The summed E-state index contributed by atoms with van der Waals surface area (Å²) < 4.78 is 5.79. The molecule has 2 rings (SSSR count). The number of unbranched alkanes of at least 4 members (excludes halogenated alkanes) is 4. The number of hydrogen-bond donors (Lipinski definition) is 1. The van der Waals surface area contributed by atoms with Gasteiger partial charge in [0.2, 0.25) is 0 Å². The van der Waals surface area contributed by atoms with Crippen LogP contribution in [0, 0.1) is 5.92 Å². The molecule has 0 aromatic heterocycles. The second-order valence-electron chi connectivity index (χ2n) is 6.80. The van der Waals surface area contributed by atoms with E-state index in [0.29, 0.717) is 0 Å². The number of ether oxygens (including phenoxy) is 1. The standard InChI is InChI=1S/C20H31NO3/c1-2-3-4-5-6-15-24-19-9-7-17(8-10-19)16-21-13-11-18(12-14-21)20(22)23/h7-10,18H,2-6,11-16H2,1H3,(H,22,23). The Morgan fingerprint density at radius 3 is 2.42 bits per heavy atom. The maximum atomic E-state index is 11.0. The van der Waals surface area contributed by atoms with Gasteiger partial charge in [-0.15, -0.1) is 0 Å². The molecular weight excluding hydrogens is 302 g/mol. The molecule has 0 bridgehead atoms. The average Bonchev–Trinajstić information content (AvgIpc) is 2.60. The number of hydrogen-bond acceptors (Lipinski definition) is 3. The predicted octanol–water partition coefficient (Wildman–Crippen LogP) is 4.33. The van der Waals surface area contributed by atoms with E-state index in [2.05, 4.69) is 24.0 Å². The molecule has 0 saturated carbocycles. The van der Waals surface area contributed by atoms with E-state index in [9.17, 15) is 4.79 Å². The van der Waals surface area contributed by atoms with Gasteiger partial charge in [-0.25, -0.2) is 0 Å². The predicted molar refractivity (Wildman–Crippen MR) is 96.3 cm³/mol. The zero-order chi connectivity index (χ0) is 17.2. The van der Waals surface area contributed by atoms with E-state index in [-0.39, 0.29) is 5.92 Å². The van der Waals surface area contributed by atoms with Crippen LogP contribution in [0.5, 0.6) is 5.75 Å². The fourth-order valence-electron chi connectivity index (χ4n) is 3.18. The Bertz CT molecular complexity index is 478. The second-order valence-corrected chi connectivity index (χ2v) is 6.80. The van der Waals surface area contributed by atoms with Crippen LogP contribution in [0.1, 0.15) is 57.4 Å². The van der Waals surface area contributed by atoms with E-state index in [1.807, 2.05) is 12.1 Å². The maximum absolute atomic E-state index is 11.0. The fraction of sp³-hybridized carbons (Fsp3) is 0.650. The van der Waals surface area contributed by atoms with Crippen LogP contribution in [0.15, 0.2) is 24.3 Å². The van der Waals surface area contributed by atoms with Crippen LogP contribution in [0.4, 0.5) is 0 Å². The van der Waals surface area contributed by atoms with Crippen LogP contribution in [-0.2, 0) is 11.3 Å². The second kappa shape index (κ2) is 10.3. The number of likely N-dealkylation sites (tertiary alicyclic amines) is 1. The number of carbonyl (C=O) groups is 1. The molecule has 1 aromatic carbocycles. The smallest absolute Gasteiger partial charge is 0.306 e. The fourth-order valence-corrected chi connectivity index (χ4v) is 3.18. The first-order valence-corrected chi connectivity index (χ1v) is 9.36. The van der Waals surface area contributed by atoms with Crippen molar-refractivity contribution in [3.05, 3.63) is 29.8 Å². The number of piperidine rings is 1. The minimum absolute atomic E-state index is 0.158. The number of carboxylic acid groups (broad SMARTS) is 1. The summed E-state index contributed by atoms with van der Waals surface area (Å²) in [4.78, 5) is 13.3. The van der Waals surface area contributed by atoms with Gasteiger partial charge in [0.05, 0.1) is 12.5 Å². The molecule has 4 heteroatoms. The zero-order valence-electron chi connectivity index (χ0n) is 14.9. The summed E-state index contributed by atoms with van der Waals surface area (Å²) in [5, 5.41) is 9.04. The minimum Gasteiger partial charge on any atom is -0.494 e. The van der Waals surface area contributed by atoms with Gasteiger partial charge in [0, 0.05) is 6.54 Å². The number of aliphatic carboxylic acids is 1. The third-order valence-electron chi connectivity index (χ3n) is 4.78. The molecule has 1 saturated heterocycles. The van der Waals surface area contributed by atoms with E-state index in [1.54, 1.807) is 0 Å². The molecule has 0 amide bonds. The lowest BCUT2D eigenvalue weighted by molar-refractivity contribution is -0.143. The third-order valence-corrected chi connectivity index (χ3v) is 4.78. The summed E-state index contributed by atoms with van der Waals surface area (Å²) in [7, 11) is 0. The molecule has 0 radical (unpaired) electrons. The van der Waals surface area contributed by atoms with Crippen molar-refractivity contribution in [3.8, 4) is 5.75 Å². The highest BCUT2D eigenvalue weighted by molar-refractivity contribution is 5.70. The first-order valence-electron chi connectivity index (χ1n) is 9.36. The van der Waals surface area contributed by atoms with Gasteiger partial charge in [-0.1, -0.05) is 44.7 Å². The highest BCUT2D eigenvalue weighted by Crippen LogP contribution is 2.20. The Balaban J connectivity index is 1.66. The summed E-state index contributed by atoms with van der Waals surface area (Å²) in [6.07, 6.45) is 7.79. The van der Waals surface area contributed by atoms with Crippen LogP contribution in [-0.4, -0.2) is 35.7 Å². The summed E-state index contributed by atoms with van der Waals surface area (Å²) >= 11 is 0. The highest BCUT2D eigenvalue weighted by atomic mass is 16.5. The van der Waals surface area contributed by atoms with Crippen molar-refractivity contribution in [2.75, 3.05) is 19.7 Å².